The smallest absolute Gasteiger partial charge is 0.319 e. The van der Waals surface area contributed by atoms with Gasteiger partial charge in [0.1, 0.15) is 5.82 Å². The van der Waals surface area contributed by atoms with Crippen LogP contribution < -0.4 is 4.90 Å². The number of carbonyl (C=O) groups is 1. The Morgan fingerprint density at radius 3 is 2.75 bits per heavy atom. The highest BCUT2D eigenvalue weighted by Crippen LogP contribution is 2.25. The molecule has 2 aromatic rings. The van der Waals surface area contributed by atoms with Gasteiger partial charge < -0.3 is 14.7 Å². The lowest BCUT2D eigenvalue weighted by Gasteiger charge is -2.39. The van der Waals surface area contributed by atoms with Crippen LogP contribution in [-0.2, 0) is 0 Å². The Bertz CT molecular complexity index is 749. The molecule has 0 saturated carbocycles. The second kappa shape index (κ2) is 6.97. The summed E-state index contributed by atoms with van der Waals surface area (Å²) >= 11 is 3.51. The Morgan fingerprint density at radius 1 is 1.25 bits per heavy atom. The molecule has 1 atom stereocenters. The summed E-state index contributed by atoms with van der Waals surface area (Å²) < 4.78 is 1.03. The Morgan fingerprint density at radius 2 is 2.00 bits per heavy atom. The molecular formula is C18H23BrN4O. The number of fused-ring (bicyclic) bond motifs is 1. The van der Waals surface area contributed by atoms with E-state index in [1.807, 2.05) is 24.1 Å². The molecule has 128 valence electrons. The maximum atomic E-state index is 12.2. The topological polar surface area (TPSA) is 39.7 Å². The summed E-state index contributed by atoms with van der Waals surface area (Å²) in [6, 6.07) is 10.6. The van der Waals surface area contributed by atoms with Crippen LogP contribution >= 0.6 is 15.9 Å². The minimum absolute atomic E-state index is 0.0530. The van der Waals surface area contributed by atoms with Crippen molar-refractivity contribution in [2.24, 2.45) is 0 Å². The SMILES string of the molecule is CN(C)C(=O)N(C)C1CCCN(c2ccc3ccc(Br)cc3n2)C1. The molecule has 2 heterocycles. The highest BCUT2D eigenvalue weighted by atomic mass is 79.9. The van der Waals surface area contributed by atoms with E-state index in [4.69, 9.17) is 4.98 Å². The molecule has 0 spiro atoms. The highest BCUT2D eigenvalue weighted by Gasteiger charge is 2.27. The Kier molecular flexibility index (Phi) is 4.94. The van der Waals surface area contributed by atoms with Crippen molar-refractivity contribution in [3.63, 3.8) is 0 Å². The predicted octanol–water partition coefficient (Wildman–Crippen LogP) is 3.58. The number of anilines is 1. The number of carbonyl (C=O) groups excluding carboxylic acids is 1. The first-order valence-electron chi connectivity index (χ1n) is 8.21. The van der Waals surface area contributed by atoms with E-state index in [0.717, 1.165) is 47.1 Å². The summed E-state index contributed by atoms with van der Waals surface area (Å²) in [4.78, 5) is 22.8. The minimum Gasteiger partial charge on any atom is -0.355 e. The highest BCUT2D eigenvalue weighted by molar-refractivity contribution is 9.10. The summed E-state index contributed by atoms with van der Waals surface area (Å²) in [5.74, 6) is 0.982. The number of benzene rings is 1. The van der Waals surface area contributed by atoms with Gasteiger partial charge >= 0.3 is 6.03 Å². The Hall–Kier alpha value is -1.82. The molecule has 24 heavy (non-hydrogen) atoms. The maximum Gasteiger partial charge on any atom is 0.319 e. The molecule has 1 fully saturated rings. The first-order chi connectivity index (χ1) is 11.5. The van der Waals surface area contributed by atoms with Crippen molar-refractivity contribution in [2.75, 3.05) is 39.1 Å². The van der Waals surface area contributed by atoms with E-state index in [9.17, 15) is 4.79 Å². The van der Waals surface area contributed by atoms with Crippen molar-refractivity contribution in [1.82, 2.24) is 14.8 Å². The van der Waals surface area contributed by atoms with Crippen LogP contribution in [0.15, 0.2) is 34.8 Å². The lowest BCUT2D eigenvalue weighted by atomic mass is 10.0. The number of hydrogen-bond acceptors (Lipinski definition) is 3. The number of piperidine rings is 1. The molecule has 0 N–H and O–H groups in total. The largest absolute Gasteiger partial charge is 0.355 e. The number of rotatable bonds is 2. The van der Waals surface area contributed by atoms with Crippen molar-refractivity contribution >= 4 is 38.7 Å². The lowest BCUT2D eigenvalue weighted by molar-refractivity contribution is 0.157. The number of hydrogen-bond donors (Lipinski definition) is 0. The second-order valence-corrected chi connectivity index (χ2v) is 7.45. The average molecular weight is 391 g/mol. The molecule has 0 aliphatic carbocycles. The van der Waals surface area contributed by atoms with Gasteiger partial charge in [0, 0.05) is 44.1 Å². The van der Waals surface area contributed by atoms with Crippen molar-refractivity contribution in [3.8, 4) is 0 Å². The molecular weight excluding hydrogens is 368 g/mol. The standard InChI is InChI=1S/C18H23BrN4O/c1-21(2)18(24)22(3)15-5-4-10-23(12-15)17-9-7-13-6-8-14(19)11-16(13)20-17/h6-9,11,15H,4-5,10,12H2,1-3H3. The summed E-state index contributed by atoms with van der Waals surface area (Å²) in [6.45, 7) is 1.80. The van der Waals surface area contributed by atoms with Gasteiger partial charge in [0.05, 0.1) is 11.6 Å². The van der Waals surface area contributed by atoms with E-state index in [0.29, 0.717) is 0 Å². The number of likely N-dealkylation sites (N-methyl/N-ethyl adjacent to an activating group) is 1. The van der Waals surface area contributed by atoms with Gasteiger partial charge in [0.15, 0.2) is 0 Å². The van der Waals surface area contributed by atoms with E-state index in [1.54, 1.807) is 19.0 Å². The van der Waals surface area contributed by atoms with Gasteiger partial charge in [-0.3, -0.25) is 0 Å². The van der Waals surface area contributed by atoms with Crippen LogP contribution in [0.25, 0.3) is 10.9 Å². The molecule has 0 bridgehead atoms. The van der Waals surface area contributed by atoms with Gasteiger partial charge in [0.25, 0.3) is 0 Å². The summed E-state index contributed by atoms with van der Waals surface area (Å²) in [5.41, 5.74) is 0.988. The molecule has 3 rings (SSSR count). The van der Waals surface area contributed by atoms with Gasteiger partial charge in [0.2, 0.25) is 0 Å². The number of halogens is 1. The third-order valence-electron chi connectivity index (χ3n) is 4.59. The van der Waals surface area contributed by atoms with Crippen LogP contribution in [-0.4, -0.2) is 61.1 Å². The molecule has 1 saturated heterocycles. The molecule has 1 aliphatic heterocycles. The number of aromatic nitrogens is 1. The maximum absolute atomic E-state index is 12.2. The fourth-order valence-corrected chi connectivity index (χ4v) is 3.56. The molecule has 1 aromatic carbocycles. The molecule has 1 aromatic heterocycles. The average Bonchev–Trinajstić information content (AvgIpc) is 2.59. The predicted molar refractivity (Wildman–Crippen MR) is 102 cm³/mol. The van der Waals surface area contributed by atoms with Gasteiger partial charge in [-0.05, 0) is 37.1 Å². The third-order valence-corrected chi connectivity index (χ3v) is 5.09. The zero-order valence-electron chi connectivity index (χ0n) is 14.4. The van der Waals surface area contributed by atoms with E-state index in [1.165, 1.54) is 0 Å². The second-order valence-electron chi connectivity index (χ2n) is 6.54. The molecule has 0 radical (unpaired) electrons. The quantitative estimate of drug-likeness (QED) is 0.786. The van der Waals surface area contributed by atoms with Crippen molar-refractivity contribution in [2.45, 2.75) is 18.9 Å². The molecule has 1 unspecified atom stereocenters. The van der Waals surface area contributed by atoms with Crippen molar-refractivity contribution in [3.05, 3.63) is 34.8 Å². The van der Waals surface area contributed by atoms with E-state index < -0.39 is 0 Å². The molecule has 2 amide bonds. The molecule has 6 heteroatoms. The third kappa shape index (κ3) is 3.48. The Balaban J connectivity index is 1.80. The van der Waals surface area contributed by atoms with E-state index >= 15 is 0 Å². The van der Waals surface area contributed by atoms with Crippen LogP contribution in [0.4, 0.5) is 10.6 Å². The van der Waals surface area contributed by atoms with E-state index in [2.05, 4.69) is 39.0 Å². The Labute approximate surface area is 151 Å². The van der Waals surface area contributed by atoms with Crippen molar-refractivity contribution < 1.29 is 4.79 Å². The summed E-state index contributed by atoms with van der Waals surface area (Å²) in [6.07, 6.45) is 2.10. The molecule has 5 nitrogen and oxygen atoms in total. The fraction of sp³-hybridized carbons (Fsp3) is 0.444. The van der Waals surface area contributed by atoms with Crippen LogP contribution in [0.5, 0.6) is 0 Å². The number of urea groups is 1. The van der Waals surface area contributed by atoms with Gasteiger partial charge in [-0.25, -0.2) is 9.78 Å². The summed E-state index contributed by atoms with van der Waals surface area (Å²) in [7, 11) is 5.48. The van der Waals surface area contributed by atoms with E-state index in [-0.39, 0.29) is 12.1 Å². The number of nitrogens with zero attached hydrogens (tertiary/aromatic N) is 4. The van der Waals surface area contributed by atoms with Crippen LogP contribution in [0.1, 0.15) is 12.8 Å². The molecule has 1 aliphatic rings. The first-order valence-corrected chi connectivity index (χ1v) is 9.00. The summed E-state index contributed by atoms with van der Waals surface area (Å²) in [5, 5.41) is 1.13. The fourth-order valence-electron chi connectivity index (χ4n) is 3.21. The first kappa shape index (κ1) is 17.0. The monoisotopic (exact) mass is 390 g/mol. The lowest BCUT2D eigenvalue weighted by Crippen LogP contribution is -2.51. The minimum atomic E-state index is 0.0530. The zero-order chi connectivity index (χ0) is 17.3. The van der Waals surface area contributed by atoms with Gasteiger partial charge in [-0.2, -0.15) is 0 Å². The van der Waals surface area contributed by atoms with Crippen molar-refractivity contribution in [1.29, 1.82) is 0 Å². The number of amides is 2. The van der Waals surface area contributed by atoms with Crippen LogP contribution in [0.2, 0.25) is 0 Å². The van der Waals surface area contributed by atoms with Gasteiger partial charge in [-0.1, -0.05) is 22.0 Å². The number of pyridine rings is 1. The normalized spacial score (nSPS) is 17.8. The van der Waals surface area contributed by atoms with Crippen LogP contribution in [0, 0.1) is 0 Å². The van der Waals surface area contributed by atoms with Gasteiger partial charge in [-0.15, -0.1) is 0 Å². The zero-order valence-corrected chi connectivity index (χ0v) is 16.0. The van der Waals surface area contributed by atoms with Crippen LogP contribution in [0.3, 0.4) is 0 Å².